The standard InChI is InChI=1S/C24H18ClF4N3O3/c1-34-31-11-10-30-22(33)18-8-7-17(15-4-2-3-5-16(15)18)21-13-23(35-32-21,24(27,28)29)14-6-9-20(26)19(25)12-14/h2-13,31-32H,1H3,(H,30,33)/b11-10+. The molecule has 1 unspecified atom stereocenters. The Balaban J connectivity index is 1.79. The van der Waals surface area contributed by atoms with Crippen LogP contribution in [0.2, 0.25) is 5.02 Å². The van der Waals surface area contributed by atoms with Gasteiger partial charge in [0.15, 0.2) is 0 Å². The Morgan fingerprint density at radius 3 is 2.54 bits per heavy atom. The number of rotatable bonds is 6. The highest BCUT2D eigenvalue weighted by Crippen LogP contribution is 2.48. The number of nitrogens with one attached hydrogen (secondary N) is 3. The van der Waals surface area contributed by atoms with Crippen LogP contribution in [0.4, 0.5) is 17.6 Å². The predicted molar refractivity (Wildman–Crippen MR) is 122 cm³/mol. The van der Waals surface area contributed by atoms with Gasteiger partial charge in [-0.1, -0.05) is 48.0 Å². The first-order chi connectivity index (χ1) is 16.7. The molecular formula is C24H18ClF4N3O3. The molecule has 1 aliphatic rings. The van der Waals surface area contributed by atoms with Gasteiger partial charge in [-0.2, -0.15) is 13.2 Å². The van der Waals surface area contributed by atoms with Crippen molar-refractivity contribution in [3.05, 3.63) is 101 Å². The Kier molecular flexibility index (Phi) is 6.70. The summed E-state index contributed by atoms with van der Waals surface area (Å²) in [6.07, 6.45) is -1.31. The molecule has 0 saturated heterocycles. The molecule has 0 bridgehead atoms. The molecule has 35 heavy (non-hydrogen) atoms. The second-order valence-corrected chi connectivity index (χ2v) is 7.87. The van der Waals surface area contributed by atoms with Gasteiger partial charge in [-0.05, 0) is 35.0 Å². The molecule has 4 rings (SSSR count). The van der Waals surface area contributed by atoms with Crippen molar-refractivity contribution < 1.29 is 32.0 Å². The van der Waals surface area contributed by atoms with E-state index in [2.05, 4.69) is 21.1 Å². The lowest BCUT2D eigenvalue weighted by atomic mass is 9.90. The van der Waals surface area contributed by atoms with Crippen LogP contribution in [0.1, 0.15) is 21.5 Å². The Hall–Kier alpha value is -3.60. The van der Waals surface area contributed by atoms with Crippen molar-refractivity contribution in [1.29, 1.82) is 0 Å². The minimum Gasteiger partial charge on any atom is -0.327 e. The molecule has 1 aliphatic heterocycles. The van der Waals surface area contributed by atoms with E-state index in [-0.39, 0.29) is 5.70 Å². The molecule has 1 amide bonds. The normalized spacial score (nSPS) is 17.9. The van der Waals surface area contributed by atoms with Crippen LogP contribution in [0.25, 0.3) is 16.5 Å². The minimum atomic E-state index is -4.90. The smallest absolute Gasteiger partial charge is 0.327 e. The minimum absolute atomic E-state index is 0.0233. The van der Waals surface area contributed by atoms with Crippen molar-refractivity contribution in [2.24, 2.45) is 0 Å². The summed E-state index contributed by atoms with van der Waals surface area (Å²) in [5.41, 5.74) is 2.19. The third kappa shape index (κ3) is 4.55. The molecule has 1 heterocycles. The number of hydrogen-bond donors (Lipinski definition) is 3. The Morgan fingerprint density at radius 2 is 1.86 bits per heavy atom. The van der Waals surface area contributed by atoms with Crippen LogP contribution in [-0.4, -0.2) is 19.2 Å². The van der Waals surface area contributed by atoms with Crippen LogP contribution < -0.4 is 16.3 Å². The first-order valence-electron chi connectivity index (χ1n) is 10.1. The van der Waals surface area contributed by atoms with Gasteiger partial charge < -0.3 is 5.32 Å². The van der Waals surface area contributed by atoms with E-state index in [1.807, 2.05) is 0 Å². The maximum Gasteiger partial charge on any atom is 0.428 e. The number of halogens is 5. The maximum absolute atomic E-state index is 14.3. The molecule has 182 valence electrons. The number of fused-ring (bicyclic) bond motifs is 1. The first-order valence-corrected chi connectivity index (χ1v) is 10.5. The average molecular weight is 508 g/mol. The monoisotopic (exact) mass is 507 g/mol. The number of alkyl halides is 3. The first kappa shape index (κ1) is 24.5. The van der Waals surface area contributed by atoms with Gasteiger partial charge in [0.2, 0.25) is 5.60 Å². The fourth-order valence-electron chi connectivity index (χ4n) is 3.73. The molecule has 11 heteroatoms. The Labute approximate surface area is 202 Å². The lowest BCUT2D eigenvalue weighted by Gasteiger charge is -2.28. The number of carbonyl (C=O) groups excluding carboxylic acids is 1. The summed E-state index contributed by atoms with van der Waals surface area (Å²) in [5.74, 6) is -1.28. The van der Waals surface area contributed by atoms with Crippen molar-refractivity contribution in [2.45, 2.75) is 11.8 Å². The van der Waals surface area contributed by atoms with E-state index in [9.17, 15) is 22.4 Å². The molecule has 0 saturated carbocycles. The average Bonchev–Trinajstić information content (AvgIpc) is 3.29. The molecule has 0 aromatic heterocycles. The van der Waals surface area contributed by atoms with Crippen molar-refractivity contribution in [3.63, 3.8) is 0 Å². The molecule has 3 aromatic rings. The molecule has 6 nitrogen and oxygen atoms in total. The third-order valence-electron chi connectivity index (χ3n) is 5.38. The van der Waals surface area contributed by atoms with Crippen LogP contribution >= 0.6 is 11.6 Å². The molecule has 0 aliphatic carbocycles. The van der Waals surface area contributed by atoms with E-state index in [0.717, 1.165) is 24.3 Å². The van der Waals surface area contributed by atoms with Gasteiger partial charge in [0.1, 0.15) is 5.82 Å². The zero-order valence-corrected chi connectivity index (χ0v) is 18.8. The van der Waals surface area contributed by atoms with Crippen LogP contribution in [0.5, 0.6) is 0 Å². The molecule has 0 spiro atoms. The zero-order valence-electron chi connectivity index (χ0n) is 18.0. The molecule has 0 radical (unpaired) electrons. The Morgan fingerprint density at radius 1 is 1.11 bits per heavy atom. The summed E-state index contributed by atoms with van der Waals surface area (Å²) in [6.45, 7) is 0. The van der Waals surface area contributed by atoms with Crippen molar-refractivity contribution in [2.75, 3.05) is 7.11 Å². The lowest BCUT2D eigenvalue weighted by Crippen LogP contribution is -2.42. The van der Waals surface area contributed by atoms with Crippen LogP contribution in [0, 0.1) is 5.82 Å². The predicted octanol–water partition coefficient (Wildman–Crippen LogP) is 5.32. The molecule has 3 N–H and O–H groups in total. The SMILES string of the molecule is CON/C=C/NC(=O)c1ccc(C2=CC(c3ccc(F)c(Cl)c3)(C(F)(F)F)ON2)c2ccccc12. The largest absolute Gasteiger partial charge is 0.428 e. The van der Waals surface area contributed by atoms with Crippen molar-refractivity contribution in [1.82, 2.24) is 16.3 Å². The van der Waals surface area contributed by atoms with E-state index in [1.165, 1.54) is 31.6 Å². The Bertz CT molecular complexity index is 1340. The second kappa shape index (κ2) is 9.57. The van der Waals surface area contributed by atoms with Gasteiger partial charge in [0.05, 0.1) is 17.8 Å². The second-order valence-electron chi connectivity index (χ2n) is 7.46. The van der Waals surface area contributed by atoms with E-state index in [1.54, 1.807) is 24.3 Å². The molecule has 3 aromatic carbocycles. The summed E-state index contributed by atoms with van der Waals surface area (Å²) in [6, 6.07) is 12.5. The number of benzene rings is 3. The molecular weight excluding hydrogens is 490 g/mol. The highest BCUT2D eigenvalue weighted by Gasteiger charge is 2.59. The highest BCUT2D eigenvalue weighted by atomic mass is 35.5. The van der Waals surface area contributed by atoms with Gasteiger partial charge in [0, 0.05) is 29.1 Å². The van der Waals surface area contributed by atoms with Crippen LogP contribution in [0.15, 0.2) is 73.1 Å². The highest BCUT2D eigenvalue weighted by molar-refractivity contribution is 6.30. The fourth-order valence-corrected chi connectivity index (χ4v) is 3.91. The lowest BCUT2D eigenvalue weighted by molar-refractivity contribution is -0.269. The number of amides is 1. The fraction of sp³-hybridized carbons (Fsp3) is 0.125. The third-order valence-corrected chi connectivity index (χ3v) is 5.67. The zero-order chi connectivity index (χ0) is 25.2. The van der Waals surface area contributed by atoms with E-state index in [0.29, 0.717) is 21.9 Å². The van der Waals surface area contributed by atoms with Gasteiger partial charge in [-0.3, -0.25) is 25.4 Å². The summed E-state index contributed by atoms with van der Waals surface area (Å²) in [7, 11) is 1.41. The van der Waals surface area contributed by atoms with Crippen molar-refractivity contribution in [3.8, 4) is 0 Å². The number of hydrogen-bond acceptors (Lipinski definition) is 5. The molecule has 0 fully saturated rings. The van der Waals surface area contributed by atoms with Crippen LogP contribution in [0.3, 0.4) is 0 Å². The van der Waals surface area contributed by atoms with E-state index >= 15 is 0 Å². The van der Waals surface area contributed by atoms with E-state index < -0.39 is 34.1 Å². The van der Waals surface area contributed by atoms with Gasteiger partial charge in [0.25, 0.3) is 5.91 Å². The quantitative estimate of drug-likeness (QED) is 0.311. The van der Waals surface area contributed by atoms with Crippen LogP contribution in [-0.2, 0) is 15.3 Å². The summed E-state index contributed by atoms with van der Waals surface area (Å²) >= 11 is 5.74. The number of carbonyl (C=O) groups is 1. The summed E-state index contributed by atoms with van der Waals surface area (Å²) < 4.78 is 56.4. The molecule has 1 atom stereocenters. The number of hydroxylamine groups is 2. The topological polar surface area (TPSA) is 71.6 Å². The van der Waals surface area contributed by atoms with E-state index in [4.69, 9.17) is 16.4 Å². The van der Waals surface area contributed by atoms with Gasteiger partial charge >= 0.3 is 6.18 Å². The van der Waals surface area contributed by atoms with Gasteiger partial charge in [-0.15, -0.1) is 0 Å². The summed E-state index contributed by atoms with van der Waals surface area (Å²) in [4.78, 5) is 22.4. The van der Waals surface area contributed by atoms with Crippen molar-refractivity contribution >= 4 is 34.0 Å². The van der Waals surface area contributed by atoms with Gasteiger partial charge in [-0.25, -0.2) is 4.39 Å². The summed E-state index contributed by atoms with van der Waals surface area (Å²) in [5, 5.41) is 3.12. The maximum atomic E-state index is 14.3.